The third kappa shape index (κ3) is 2.63. The first-order valence-electron chi connectivity index (χ1n) is 7.38. The molecule has 2 saturated heterocycles. The van der Waals surface area contributed by atoms with Crippen LogP contribution in [0.5, 0.6) is 0 Å². The summed E-state index contributed by atoms with van der Waals surface area (Å²) in [6, 6.07) is 4.45. The van der Waals surface area contributed by atoms with Crippen LogP contribution in [0.25, 0.3) is 0 Å². The molecule has 1 aromatic rings. The van der Waals surface area contributed by atoms with E-state index >= 15 is 0 Å². The zero-order valence-corrected chi connectivity index (χ0v) is 12.0. The fraction of sp³-hybridized carbons (Fsp3) is 0.600. The van der Waals surface area contributed by atoms with Gasteiger partial charge < -0.3 is 14.7 Å². The van der Waals surface area contributed by atoms with Crippen molar-refractivity contribution in [3.05, 3.63) is 23.9 Å². The van der Waals surface area contributed by atoms with E-state index in [9.17, 15) is 4.79 Å². The molecule has 3 rings (SSSR count). The maximum atomic E-state index is 11.0. The molecule has 2 aliphatic heterocycles. The lowest BCUT2D eigenvalue weighted by Gasteiger charge is -2.33. The molecule has 0 N–H and O–H groups in total. The molecule has 0 aliphatic carbocycles. The van der Waals surface area contributed by atoms with Gasteiger partial charge in [-0.3, -0.25) is 4.79 Å². The van der Waals surface area contributed by atoms with Crippen molar-refractivity contribution in [1.82, 2.24) is 14.8 Å². The summed E-state index contributed by atoms with van der Waals surface area (Å²) in [5, 5.41) is 0. The molecule has 0 saturated carbocycles. The van der Waals surface area contributed by atoms with E-state index in [1.165, 1.54) is 0 Å². The summed E-state index contributed by atoms with van der Waals surface area (Å²) >= 11 is 0. The smallest absolute Gasteiger partial charge is 0.210 e. The Morgan fingerprint density at radius 1 is 1.20 bits per heavy atom. The molecule has 3 heterocycles. The number of pyridine rings is 1. The minimum absolute atomic E-state index is 0.224. The molecule has 1 atom stereocenters. The van der Waals surface area contributed by atoms with E-state index in [0.717, 1.165) is 63.4 Å². The van der Waals surface area contributed by atoms with Crippen molar-refractivity contribution in [2.45, 2.75) is 18.9 Å². The molecule has 0 unspecified atom stereocenters. The van der Waals surface area contributed by atoms with Gasteiger partial charge in [-0.1, -0.05) is 6.07 Å². The zero-order chi connectivity index (χ0) is 13.9. The predicted molar refractivity (Wildman–Crippen MR) is 78.7 cm³/mol. The second-order valence-electron chi connectivity index (χ2n) is 5.74. The van der Waals surface area contributed by atoms with Crippen molar-refractivity contribution in [2.75, 3.05) is 44.7 Å². The summed E-state index contributed by atoms with van der Waals surface area (Å²) in [6.45, 7) is 5.11. The maximum Gasteiger partial charge on any atom is 0.210 e. The number of likely N-dealkylation sites (tertiary alicyclic amines) is 1. The van der Waals surface area contributed by atoms with Gasteiger partial charge in [0.05, 0.1) is 6.04 Å². The summed E-state index contributed by atoms with van der Waals surface area (Å²) in [7, 11) is 2.15. The number of hydrogen-bond acceptors (Lipinski definition) is 4. The maximum absolute atomic E-state index is 11.0. The average molecular weight is 274 g/mol. The predicted octanol–water partition coefficient (Wildman–Crippen LogP) is 1.13. The summed E-state index contributed by atoms with van der Waals surface area (Å²) < 4.78 is 0. The number of rotatable bonds is 3. The van der Waals surface area contributed by atoms with Gasteiger partial charge in [-0.2, -0.15) is 0 Å². The van der Waals surface area contributed by atoms with Gasteiger partial charge in [0.15, 0.2) is 0 Å². The van der Waals surface area contributed by atoms with E-state index in [1.807, 2.05) is 11.1 Å². The van der Waals surface area contributed by atoms with Gasteiger partial charge >= 0.3 is 0 Å². The molecule has 0 radical (unpaired) electrons. The van der Waals surface area contributed by atoms with Crippen LogP contribution in [-0.4, -0.2) is 61.0 Å². The first kappa shape index (κ1) is 13.4. The van der Waals surface area contributed by atoms with Gasteiger partial charge in [-0.25, -0.2) is 4.98 Å². The number of nitrogens with zero attached hydrogens (tertiary/aromatic N) is 4. The van der Waals surface area contributed by atoms with Crippen molar-refractivity contribution < 1.29 is 4.79 Å². The summed E-state index contributed by atoms with van der Waals surface area (Å²) in [5.41, 5.74) is 1.16. The van der Waals surface area contributed by atoms with Gasteiger partial charge in [0.1, 0.15) is 5.82 Å². The Morgan fingerprint density at radius 3 is 2.65 bits per heavy atom. The topological polar surface area (TPSA) is 39.7 Å². The summed E-state index contributed by atoms with van der Waals surface area (Å²) in [5.74, 6) is 1.05. The fourth-order valence-electron chi connectivity index (χ4n) is 3.09. The van der Waals surface area contributed by atoms with Crippen LogP contribution in [0.15, 0.2) is 18.3 Å². The Kier molecular flexibility index (Phi) is 3.87. The zero-order valence-electron chi connectivity index (χ0n) is 12.0. The molecule has 0 bridgehead atoms. The lowest BCUT2D eigenvalue weighted by Crippen LogP contribution is -2.44. The Morgan fingerprint density at radius 2 is 2.00 bits per heavy atom. The highest BCUT2D eigenvalue weighted by Gasteiger charge is 2.25. The molecular formula is C15H22N4O. The number of piperazine rings is 1. The monoisotopic (exact) mass is 274 g/mol. The number of anilines is 1. The summed E-state index contributed by atoms with van der Waals surface area (Å²) in [4.78, 5) is 22.2. The SMILES string of the molecule is CN1CCN(c2ccc([C@H]3CCCN3C=O)cn2)CC1. The molecule has 1 amide bonds. The molecule has 1 aromatic heterocycles. The van der Waals surface area contributed by atoms with E-state index in [1.54, 1.807) is 0 Å². The first-order chi connectivity index (χ1) is 9.78. The third-order valence-corrected chi connectivity index (χ3v) is 4.41. The number of hydrogen-bond donors (Lipinski definition) is 0. The van der Waals surface area contributed by atoms with E-state index in [4.69, 9.17) is 0 Å². The fourth-order valence-corrected chi connectivity index (χ4v) is 3.09. The Hall–Kier alpha value is -1.62. The lowest BCUT2D eigenvalue weighted by molar-refractivity contribution is -0.118. The summed E-state index contributed by atoms with van der Waals surface area (Å²) in [6.07, 6.45) is 5.05. The van der Waals surface area contributed by atoms with Crippen LogP contribution < -0.4 is 4.90 Å². The van der Waals surface area contributed by atoms with Crippen LogP contribution in [0.3, 0.4) is 0 Å². The van der Waals surface area contributed by atoms with Crippen molar-refractivity contribution in [2.24, 2.45) is 0 Å². The van der Waals surface area contributed by atoms with E-state index < -0.39 is 0 Å². The molecular weight excluding hydrogens is 252 g/mol. The van der Waals surface area contributed by atoms with Gasteiger partial charge in [-0.05, 0) is 31.5 Å². The molecule has 5 heteroatoms. The van der Waals surface area contributed by atoms with Crippen molar-refractivity contribution in [3.8, 4) is 0 Å². The van der Waals surface area contributed by atoms with Gasteiger partial charge in [-0.15, -0.1) is 0 Å². The molecule has 108 valence electrons. The minimum atomic E-state index is 0.224. The minimum Gasteiger partial charge on any atom is -0.354 e. The standard InChI is InChI=1S/C15H22N4O/c1-17-7-9-18(10-8-17)15-5-4-13(11-16-15)14-3-2-6-19(14)12-20/h4-5,11-12,14H,2-3,6-10H2,1H3/t14-/m1/s1. The second-order valence-corrected chi connectivity index (χ2v) is 5.74. The van der Waals surface area contributed by atoms with Crippen molar-refractivity contribution in [1.29, 1.82) is 0 Å². The second kappa shape index (κ2) is 5.79. The molecule has 2 fully saturated rings. The quantitative estimate of drug-likeness (QED) is 0.775. The Bertz CT molecular complexity index is 453. The van der Waals surface area contributed by atoms with Crippen LogP contribution in [0.2, 0.25) is 0 Å². The van der Waals surface area contributed by atoms with Crippen LogP contribution in [-0.2, 0) is 4.79 Å². The van der Waals surface area contributed by atoms with Gasteiger partial charge in [0.2, 0.25) is 6.41 Å². The van der Waals surface area contributed by atoms with E-state index in [-0.39, 0.29) is 6.04 Å². The Balaban J connectivity index is 1.69. The van der Waals surface area contributed by atoms with Gasteiger partial charge in [0, 0.05) is 38.9 Å². The average Bonchev–Trinajstić information content (AvgIpc) is 2.97. The number of likely N-dealkylation sites (N-methyl/N-ethyl adjacent to an activating group) is 1. The van der Waals surface area contributed by atoms with Crippen molar-refractivity contribution >= 4 is 12.2 Å². The van der Waals surface area contributed by atoms with Gasteiger partial charge in [0.25, 0.3) is 0 Å². The normalized spacial score (nSPS) is 24.1. The first-order valence-corrected chi connectivity index (χ1v) is 7.38. The number of aromatic nitrogens is 1. The highest BCUT2D eigenvalue weighted by atomic mass is 16.1. The largest absolute Gasteiger partial charge is 0.354 e. The number of carbonyl (C=O) groups excluding carboxylic acids is 1. The van der Waals surface area contributed by atoms with Crippen LogP contribution >= 0.6 is 0 Å². The molecule has 0 aromatic carbocycles. The number of amides is 1. The van der Waals surface area contributed by atoms with E-state index in [0.29, 0.717) is 0 Å². The van der Waals surface area contributed by atoms with E-state index in [2.05, 4.69) is 34.0 Å². The highest BCUT2D eigenvalue weighted by Crippen LogP contribution is 2.30. The molecule has 5 nitrogen and oxygen atoms in total. The molecule has 2 aliphatic rings. The highest BCUT2D eigenvalue weighted by molar-refractivity contribution is 5.50. The van der Waals surface area contributed by atoms with Crippen LogP contribution in [0, 0.1) is 0 Å². The third-order valence-electron chi connectivity index (χ3n) is 4.41. The van der Waals surface area contributed by atoms with Crippen molar-refractivity contribution in [3.63, 3.8) is 0 Å². The van der Waals surface area contributed by atoms with Crippen LogP contribution in [0.4, 0.5) is 5.82 Å². The number of carbonyl (C=O) groups is 1. The molecule has 20 heavy (non-hydrogen) atoms. The van der Waals surface area contributed by atoms with Crippen LogP contribution in [0.1, 0.15) is 24.4 Å². The lowest BCUT2D eigenvalue weighted by atomic mass is 10.1. The molecule has 0 spiro atoms. The Labute approximate surface area is 120 Å².